The largest absolute Gasteiger partial charge is 0.496 e. The number of hydrogen-bond donors (Lipinski definition) is 1. The van der Waals surface area contributed by atoms with Crippen LogP contribution in [0.25, 0.3) is 11.1 Å². The maximum absolute atomic E-state index is 11.8. The average molecular weight is 302 g/mol. The number of amides is 1. The van der Waals surface area contributed by atoms with Gasteiger partial charge in [-0.25, -0.2) is 0 Å². The van der Waals surface area contributed by atoms with Gasteiger partial charge in [-0.05, 0) is 31.2 Å². The summed E-state index contributed by atoms with van der Waals surface area (Å²) in [6.45, 7) is 1.79. The molecule has 0 radical (unpaired) electrons. The molecule has 0 saturated carbocycles. The fourth-order valence-electron chi connectivity index (χ4n) is 2.07. The van der Waals surface area contributed by atoms with Crippen molar-refractivity contribution in [2.75, 3.05) is 12.4 Å². The highest BCUT2D eigenvalue weighted by atomic mass is 35.5. The van der Waals surface area contributed by atoms with E-state index in [0.717, 1.165) is 11.1 Å². The Morgan fingerprint density at radius 3 is 2.67 bits per heavy atom. The molecule has 0 aliphatic carbocycles. The number of carbonyl (C=O) groups excluding carboxylic acids is 1. The van der Waals surface area contributed by atoms with Gasteiger partial charge in [0.15, 0.2) is 0 Å². The van der Waals surface area contributed by atoms with E-state index < -0.39 is 0 Å². The third kappa shape index (κ3) is 3.44. The molecule has 2 aromatic rings. The van der Waals surface area contributed by atoms with Gasteiger partial charge in [0.25, 0.3) is 0 Å². The van der Waals surface area contributed by atoms with Gasteiger partial charge in [0.1, 0.15) is 5.75 Å². The molecule has 108 valence electrons. The molecule has 0 aliphatic rings. The first-order chi connectivity index (χ1) is 10.2. The first kappa shape index (κ1) is 15.1. The summed E-state index contributed by atoms with van der Waals surface area (Å²) in [5.74, 6) is 0.478. The standard InChI is InChI=1S/C17H16ClNO2/c1-3-7-16(20)19-14-10-5-4-8-12(14)17-13(18)9-6-11-15(17)21-2/h3-11H,1-2H3,(H,19,20)/b7-3+. The molecule has 0 aromatic heterocycles. The van der Waals surface area contributed by atoms with Crippen LogP contribution in [-0.2, 0) is 4.79 Å². The van der Waals surface area contributed by atoms with Gasteiger partial charge >= 0.3 is 0 Å². The minimum absolute atomic E-state index is 0.184. The van der Waals surface area contributed by atoms with E-state index in [2.05, 4.69) is 5.32 Å². The molecule has 0 unspecified atom stereocenters. The Morgan fingerprint density at radius 2 is 1.95 bits per heavy atom. The van der Waals surface area contributed by atoms with Crippen LogP contribution < -0.4 is 10.1 Å². The van der Waals surface area contributed by atoms with Crippen LogP contribution in [0.15, 0.2) is 54.6 Å². The molecule has 0 bridgehead atoms. The van der Waals surface area contributed by atoms with Crippen molar-refractivity contribution < 1.29 is 9.53 Å². The molecule has 0 spiro atoms. The Kier molecular flexibility index (Phi) is 5.01. The molecule has 3 nitrogen and oxygen atoms in total. The van der Waals surface area contributed by atoms with Crippen LogP contribution in [0.1, 0.15) is 6.92 Å². The van der Waals surface area contributed by atoms with E-state index in [0.29, 0.717) is 16.5 Å². The van der Waals surface area contributed by atoms with E-state index >= 15 is 0 Å². The fourth-order valence-corrected chi connectivity index (χ4v) is 2.34. The predicted octanol–water partition coefficient (Wildman–Crippen LogP) is 4.53. The van der Waals surface area contributed by atoms with Crippen LogP contribution in [0.2, 0.25) is 5.02 Å². The van der Waals surface area contributed by atoms with Crippen molar-refractivity contribution in [3.8, 4) is 16.9 Å². The highest BCUT2D eigenvalue weighted by molar-refractivity contribution is 6.34. The van der Waals surface area contributed by atoms with Crippen molar-refractivity contribution in [2.24, 2.45) is 0 Å². The van der Waals surface area contributed by atoms with Crippen molar-refractivity contribution in [3.05, 3.63) is 59.6 Å². The Bertz CT molecular complexity index is 680. The molecule has 1 N–H and O–H groups in total. The minimum Gasteiger partial charge on any atom is -0.496 e. The van der Waals surface area contributed by atoms with Crippen LogP contribution in [0, 0.1) is 0 Å². The fraction of sp³-hybridized carbons (Fsp3) is 0.118. The van der Waals surface area contributed by atoms with Crippen LogP contribution in [-0.4, -0.2) is 13.0 Å². The van der Waals surface area contributed by atoms with E-state index in [1.54, 1.807) is 26.2 Å². The number of benzene rings is 2. The Labute approximate surface area is 129 Å². The number of methoxy groups -OCH3 is 1. The molecule has 0 heterocycles. The summed E-state index contributed by atoms with van der Waals surface area (Å²) in [6.07, 6.45) is 3.16. The molecule has 21 heavy (non-hydrogen) atoms. The molecule has 1 amide bonds. The van der Waals surface area contributed by atoms with Crippen molar-refractivity contribution >= 4 is 23.2 Å². The second-order valence-corrected chi connectivity index (χ2v) is 4.76. The molecule has 0 fully saturated rings. The van der Waals surface area contributed by atoms with Gasteiger partial charge in [-0.2, -0.15) is 0 Å². The van der Waals surface area contributed by atoms with Crippen LogP contribution >= 0.6 is 11.6 Å². The topological polar surface area (TPSA) is 38.3 Å². The van der Waals surface area contributed by atoms with Gasteiger partial charge in [-0.1, -0.05) is 41.9 Å². The molecule has 2 aromatic carbocycles. The van der Waals surface area contributed by atoms with E-state index in [1.165, 1.54) is 6.08 Å². The number of allylic oxidation sites excluding steroid dienone is 1. The Balaban J connectivity index is 2.53. The summed E-state index contributed by atoms with van der Waals surface area (Å²) in [6, 6.07) is 12.9. The number of anilines is 1. The molecule has 0 aliphatic heterocycles. The highest BCUT2D eigenvalue weighted by Crippen LogP contribution is 2.39. The summed E-state index contributed by atoms with van der Waals surface area (Å²) >= 11 is 6.31. The minimum atomic E-state index is -0.184. The molecule has 0 atom stereocenters. The molecule has 4 heteroatoms. The smallest absolute Gasteiger partial charge is 0.248 e. The summed E-state index contributed by atoms with van der Waals surface area (Å²) in [4.78, 5) is 11.8. The third-order valence-corrected chi connectivity index (χ3v) is 3.28. The lowest BCUT2D eigenvalue weighted by molar-refractivity contribution is -0.111. The zero-order chi connectivity index (χ0) is 15.2. The second kappa shape index (κ2) is 6.95. The number of hydrogen-bond acceptors (Lipinski definition) is 2. The maximum atomic E-state index is 11.8. The second-order valence-electron chi connectivity index (χ2n) is 4.35. The summed E-state index contributed by atoms with van der Waals surface area (Å²) in [5.41, 5.74) is 2.27. The number of halogens is 1. The van der Waals surface area contributed by atoms with Crippen LogP contribution in [0.3, 0.4) is 0 Å². The lowest BCUT2D eigenvalue weighted by Crippen LogP contribution is -2.08. The number of nitrogens with one attached hydrogen (secondary N) is 1. The molecule has 2 rings (SSSR count). The number of rotatable bonds is 4. The molecular weight excluding hydrogens is 286 g/mol. The van der Waals surface area contributed by atoms with Gasteiger partial charge < -0.3 is 10.1 Å². The van der Waals surface area contributed by atoms with Crippen LogP contribution in [0.5, 0.6) is 5.75 Å². The highest BCUT2D eigenvalue weighted by Gasteiger charge is 2.14. The first-order valence-corrected chi connectivity index (χ1v) is 6.90. The van der Waals surface area contributed by atoms with Gasteiger partial charge in [-0.3, -0.25) is 4.79 Å². The van der Waals surface area contributed by atoms with Gasteiger partial charge in [-0.15, -0.1) is 0 Å². The van der Waals surface area contributed by atoms with E-state index in [1.807, 2.05) is 36.4 Å². The maximum Gasteiger partial charge on any atom is 0.248 e. The van der Waals surface area contributed by atoms with Crippen molar-refractivity contribution in [1.82, 2.24) is 0 Å². The van der Waals surface area contributed by atoms with Gasteiger partial charge in [0, 0.05) is 16.8 Å². The lowest BCUT2D eigenvalue weighted by Gasteiger charge is -2.14. The van der Waals surface area contributed by atoms with Crippen molar-refractivity contribution in [3.63, 3.8) is 0 Å². The van der Waals surface area contributed by atoms with Gasteiger partial charge in [0.05, 0.1) is 12.1 Å². The van der Waals surface area contributed by atoms with Gasteiger partial charge in [0.2, 0.25) is 5.91 Å². The van der Waals surface area contributed by atoms with E-state index in [4.69, 9.17) is 16.3 Å². The number of carbonyl (C=O) groups is 1. The predicted molar refractivity (Wildman–Crippen MR) is 86.9 cm³/mol. The Hall–Kier alpha value is -2.26. The number of ether oxygens (including phenoxy) is 1. The first-order valence-electron chi connectivity index (χ1n) is 6.53. The van der Waals surface area contributed by atoms with Crippen molar-refractivity contribution in [1.29, 1.82) is 0 Å². The Morgan fingerprint density at radius 1 is 1.19 bits per heavy atom. The summed E-state index contributed by atoms with van der Waals surface area (Å²) in [5, 5.41) is 3.42. The van der Waals surface area contributed by atoms with E-state index in [-0.39, 0.29) is 5.91 Å². The van der Waals surface area contributed by atoms with Crippen molar-refractivity contribution in [2.45, 2.75) is 6.92 Å². The normalized spacial score (nSPS) is 10.6. The summed E-state index contributed by atoms with van der Waals surface area (Å²) < 4.78 is 5.38. The zero-order valence-corrected chi connectivity index (χ0v) is 12.6. The SMILES string of the molecule is C/C=C/C(=O)Nc1ccccc1-c1c(Cl)cccc1OC. The average Bonchev–Trinajstić information content (AvgIpc) is 2.48. The number of para-hydroxylation sites is 1. The molecule has 0 saturated heterocycles. The lowest BCUT2D eigenvalue weighted by atomic mass is 10.0. The molecular formula is C17H16ClNO2. The quantitative estimate of drug-likeness (QED) is 0.843. The summed E-state index contributed by atoms with van der Waals surface area (Å²) in [7, 11) is 1.59. The third-order valence-electron chi connectivity index (χ3n) is 2.97. The monoisotopic (exact) mass is 301 g/mol. The zero-order valence-electron chi connectivity index (χ0n) is 11.9. The van der Waals surface area contributed by atoms with Crippen LogP contribution in [0.4, 0.5) is 5.69 Å². The van der Waals surface area contributed by atoms with E-state index in [9.17, 15) is 4.79 Å².